The van der Waals surface area contributed by atoms with Crippen molar-refractivity contribution in [1.29, 1.82) is 0 Å². The van der Waals surface area contributed by atoms with Crippen LogP contribution in [0.5, 0.6) is 5.75 Å². The number of ether oxygens (including phenoxy) is 1. The molecule has 1 aliphatic rings. The van der Waals surface area contributed by atoms with Gasteiger partial charge in [-0.15, -0.1) is 0 Å². The Bertz CT molecular complexity index is 1050. The Kier molecular flexibility index (Phi) is 5.16. The summed E-state index contributed by atoms with van der Waals surface area (Å²) in [5.41, 5.74) is 2.57. The van der Waals surface area contributed by atoms with Gasteiger partial charge in [0.25, 0.3) is 0 Å². The van der Waals surface area contributed by atoms with Crippen molar-refractivity contribution in [3.63, 3.8) is 0 Å². The Hall–Kier alpha value is -3.41. The number of fused-ring (bicyclic) bond motifs is 1. The zero-order valence-electron chi connectivity index (χ0n) is 16.5. The SMILES string of the molecule is COc1ccc(CN(C)C(=O)C2CCN(c3ccccc3)C2=O)c2cccnc12. The molecule has 0 radical (unpaired) electrons. The van der Waals surface area contributed by atoms with E-state index in [2.05, 4.69) is 4.98 Å². The van der Waals surface area contributed by atoms with Crippen LogP contribution in [0.25, 0.3) is 10.9 Å². The number of amides is 2. The molecule has 29 heavy (non-hydrogen) atoms. The fourth-order valence-corrected chi connectivity index (χ4v) is 3.88. The van der Waals surface area contributed by atoms with Gasteiger partial charge in [-0.2, -0.15) is 0 Å². The van der Waals surface area contributed by atoms with Crippen LogP contribution in [0.2, 0.25) is 0 Å². The van der Waals surface area contributed by atoms with Gasteiger partial charge in [0.05, 0.1) is 7.11 Å². The minimum Gasteiger partial charge on any atom is -0.494 e. The zero-order chi connectivity index (χ0) is 20.4. The average molecular weight is 389 g/mol. The predicted octanol–water partition coefficient (Wildman–Crippen LogP) is 3.25. The van der Waals surface area contributed by atoms with Gasteiger partial charge >= 0.3 is 0 Å². The molecule has 2 aromatic carbocycles. The summed E-state index contributed by atoms with van der Waals surface area (Å²) >= 11 is 0. The van der Waals surface area contributed by atoms with Crippen molar-refractivity contribution < 1.29 is 14.3 Å². The normalized spacial score (nSPS) is 16.3. The van der Waals surface area contributed by atoms with Crippen LogP contribution in [-0.2, 0) is 16.1 Å². The van der Waals surface area contributed by atoms with Gasteiger partial charge in [-0.3, -0.25) is 14.6 Å². The summed E-state index contributed by atoms with van der Waals surface area (Å²) in [5, 5.41) is 0.940. The molecule has 6 heteroatoms. The number of para-hydroxylation sites is 1. The van der Waals surface area contributed by atoms with Gasteiger partial charge in [0, 0.05) is 37.4 Å². The number of carbonyl (C=O) groups excluding carboxylic acids is 2. The second kappa shape index (κ2) is 7.91. The van der Waals surface area contributed by atoms with E-state index in [0.29, 0.717) is 25.3 Å². The summed E-state index contributed by atoms with van der Waals surface area (Å²) in [6.07, 6.45) is 2.25. The molecule has 6 nitrogen and oxygen atoms in total. The molecule has 0 bridgehead atoms. The first-order valence-corrected chi connectivity index (χ1v) is 9.62. The van der Waals surface area contributed by atoms with E-state index in [4.69, 9.17) is 4.74 Å². The first-order chi connectivity index (χ1) is 14.1. The van der Waals surface area contributed by atoms with Crippen LogP contribution in [0, 0.1) is 5.92 Å². The number of hydrogen-bond donors (Lipinski definition) is 0. The van der Waals surface area contributed by atoms with Gasteiger partial charge in [0.15, 0.2) is 0 Å². The van der Waals surface area contributed by atoms with Crippen molar-refractivity contribution in [2.24, 2.45) is 5.92 Å². The van der Waals surface area contributed by atoms with Crippen molar-refractivity contribution in [1.82, 2.24) is 9.88 Å². The maximum atomic E-state index is 13.0. The van der Waals surface area contributed by atoms with Crippen molar-refractivity contribution in [3.05, 3.63) is 66.4 Å². The fourth-order valence-electron chi connectivity index (χ4n) is 3.88. The van der Waals surface area contributed by atoms with Gasteiger partial charge in [-0.05, 0) is 36.2 Å². The molecular formula is C23H23N3O3. The molecule has 4 rings (SSSR count). The van der Waals surface area contributed by atoms with Gasteiger partial charge in [-0.25, -0.2) is 0 Å². The van der Waals surface area contributed by atoms with E-state index in [1.807, 2.05) is 54.6 Å². The summed E-state index contributed by atoms with van der Waals surface area (Å²) in [6, 6.07) is 17.1. The predicted molar refractivity (Wildman–Crippen MR) is 112 cm³/mol. The molecule has 1 aliphatic heterocycles. The molecule has 1 atom stereocenters. The van der Waals surface area contributed by atoms with Gasteiger partial charge in [-0.1, -0.05) is 30.3 Å². The van der Waals surface area contributed by atoms with E-state index in [-0.39, 0.29) is 11.8 Å². The third-order valence-electron chi connectivity index (χ3n) is 5.40. The summed E-state index contributed by atoms with van der Waals surface area (Å²) < 4.78 is 5.39. The Morgan fingerprint density at radius 1 is 1.17 bits per heavy atom. The standard InChI is InChI=1S/C23H23N3O3/c1-25(15-16-10-11-20(29-2)21-18(16)9-6-13-24-21)22(27)19-12-14-26(23(19)28)17-7-4-3-5-8-17/h3-11,13,19H,12,14-15H2,1-2H3. The van der Waals surface area contributed by atoms with E-state index < -0.39 is 5.92 Å². The number of anilines is 1. The number of benzene rings is 2. The Balaban J connectivity index is 1.52. The van der Waals surface area contributed by atoms with Crippen molar-refractivity contribution in [2.45, 2.75) is 13.0 Å². The molecular weight excluding hydrogens is 366 g/mol. The number of nitrogens with zero attached hydrogens (tertiary/aromatic N) is 3. The van der Waals surface area contributed by atoms with E-state index in [9.17, 15) is 9.59 Å². The highest BCUT2D eigenvalue weighted by molar-refractivity contribution is 6.09. The fraction of sp³-hybridized carbons (Fsp3) is 0.261. The van der Waals surface area contributed by atoms with Crippen molar-refractivity contribution in [3.8, 4) is 5.75 Å². The number of carbonyl (C=O) groups is 2. The van der Waals surface area contributed by atoms with Crippen molar-refractivity contribution >= 4 is 28.4 Å². The van der Waals surface area contributed by atoms with Gasteiger partial charge in [0.1, 0.15) is 17.2 Å². The number of rotatable bonds is 5. The lowest BCUT2D eigenvalue weighted by atomic mass is 10.0. The molecule has 0 N–H and O–H groups in total. The highest BCUT2D eigenvalue weighted by Crippen LogP contribution is 2.29. The maximum Gasteiger partial charge on any atom is 0.239 e. The lowest BCUT2D eigenvalue weighted by molar-refractivity contribution is -0.139. The van der Waals surface area contributed by atoms with Crippen LogP contribution in [0.15, 0.2) is 60.8 Å². The van der Waals surface area contributed by atoms with Crippen LogP contribution in [-0.4, -0.2) is 42.4 Å². The highest BCUT2D eigenvalue weighted by atomic mass is 16.5. The summed E-state index contributed by atoms with van der Waals surface area (Å²) in [7, 11) is 3.36. The van der Waals surface area contributed by atoms with Crippen LogP contribution in [0.4, 0.5) is 5.69 Å². The second-order valence-electron chi connectivity index (χ2n) is 7.19. The van der Waals surface area contributed by atoms with Gasteiger partial charge in [0.2, 0.25) is 11.8 Å². The second-order valence-corrected chi connectivity index (χ2v) is 7.19. The quantitative estimate of drug-likeness (QED) is 0.629. The number of pyridine rings is 1. The topological polar surface area (TPSA) is 62.7 Å². The number of aromatic nitrogens is 1. The third-order valence-corrected chi connectivity index (χ3v) is 5.40. The molecule has 2 amide bonds. The lowest BCUT2D eigenvalue weighted by Crippen LogP contribution is -2.37. The van der Waals surface area contributed by atoms with Crippen LogP contribution >= 0.6 is 0 Å². The molecule has 2 heterocycles. The molecule has 0 aliphatic carbocycles. The molecule has 1 saturated heterocycles. The van der Waals surface area contributed by atoms with E-state index in [1.165, 1.54) is 0 Å². The summed E-state index contributed by atoms with van der Waals surface area (Å²) in [4.78, 5) is 33.6. The minimum absolute atomic E-state index is 0.130. The van der Waals surface area contributed by atoms with E-state index >= 15 is 0 Å². The first kappa shape index (κ1) is 18.9. The average Bonchev–Trinajstić information content (AvgIpc) is 3.15. The molecule has 1 fully saturated rings. The van der Waals surface area contributed by atoms with Crippen LogP contribution in [0.1, 0.15) is 12.0 Å². The highest BCUT2D eigenvalue weighted by Gasteiger charge is 2.39. The Morgan fingerprint density at radius 2 is 1.97 bits per heavy atom. The smallest absolute Gasteiger partial charge is 0.239 e. The van der Waals surface area contributed by atoms with Crippen LogP contribution in [0.3, 0.4) is 0 Å². The molecule has 1 unspecified atom stereocenters. The lowest BCUT2D eigenvalue weighted by Gasteiger charge is -2.22. The largest absolute Gasteiger partial charge is 0.494 e. The van der Waals surface area contributed by atoms with Gasteiger partial charge < -0.3 is 14.5 Å². The first-order valence-electron chi connectivity index (χ1n) is 9.62. The van der Waals surface area contributed by atoms with Crippen molar-refractivity contribution in [2.75, 3.05) is 25.6 Å². The van der Waals surface area contributed by atoms with E-state index in [0.717, 1.165) is 22.2 Å². The Labute approximate surface area is 169 Å². The maximum absolute atomic E-state index is 13.0. The number of hydrogen-bond acceptors (Lipinski definition) is 4. The Morgan fingerprint density at radius 3 is 2.72 bits per heavy atom. The monoisotopic (exact) mass is 389 g/mol. The molecule has 148 valence electrons. The molecule has 3 aromatic rings. The van der Waals surface area contributed by atoms with Crippen LogP contribution < -0.4 is 9.64 Å². The molecule has 0 saturated carbocycles. The third kappa shape index (κ3) is 3.53. The minimum atomic E-state index is -0.636. The van der Waals surface area contributed by atoms with E-state index in [1.54, 1.807) is 30.2 Å². The molecule has 1 aromatic heterocycles. The summed E-state index contributed by atoms with van der Waals surface area (Å²) in [6.45, 7) is 0.961. The zero-order valence-corrected chi connectivity index (χ0v) is 16.5. The molecule has 0 spiro atoms. The summed E-state index contributed by atoms with van der Waals surface area (Å²) in [5.74, 6) is -0.221. The number of methoxy groups -OCH3 is 1.